The number of hydrogen-bond acceptors (Lipinski definition) is 4. The van der Waals surface area contributed by atoms with Crippen molar-refractivity contribution in [2.45, 2.75) is 23.9 Å². The van der Waals surface area contributed by atoms with Crippen molar-refractivity contribution in [3.63, 3.8) is 0 Å². The van der Waals surface area contributed by atoms with Crippen LogP contribution in [0.3, 0.4) is 0 Å². The maximum atomic E-state index is 14.1. The lowest BCUT2D eigenvalue weighted by molar-refractivity contribution is -0.139. The van der Waals surface area contributed by atoms with E-state index in [2.05, 4.69) is 5.32 Å². The number of rotatable bonds is 11. The molecule has 0 fully saturated rings. The maximum Gasteiger partial charge on any atom is 0.264 e. The molecule has 4 aromatic carbocycles. The minimum Gasteiger partial charge on any atom is -0.357 e. The fraction of sp³-hybridized carbons (Fsp3) is 0.161. The minimum absolute atomic E-state index is 0.0726. The Hall–Kier alpha value is -4.43. The molecule has 1 atom stereocenters. The van der Waals surface area contributed by atoms with Gasteiger partial charge in [-0.15, -0.1) is 0 Å². The summed E-state index contributed by atoms with van der Waals surface area (Å²) in [4.78, 5) is 28.8. The van der Waals surface area contributed by atoms with Crippen molar-refractivity contribution in [3.05, 3.63) is 132 Å². The van der Waals surface area contributed by atoms with Crippen LogP contribution in [0.1, 0.15) is 11.1 Å². The molecule has 8 heteroatoms. The number of para-hydroxylation sites is 1. The maximum absolute atomic E-state index is 14.1. The fourth-order valence-electron chi connectivity index (χ4n) is 4.34. The van der Waals surface area contributed by atoms with E-state index in [0.29, 0.717) is 5.69 Å². The van der Waals surface area contributed by atoms with Crippen molar-refractivity contribution in [2.24, 2.45) is 0 Å². The van der Waals surface area contributed by atoms with Gasteiger partial charge in [0.1, 0.15) is 12.6 Å². The quantitative estimate of drug-likeness (QED) is 0.307. The van der Waals surface area contributed by atoms with E-state index in [-0.39, 0.29) is 23.8 Å². The summed E-state index contributed by atoms with van der Waals surface area (Å²) in [7, 11) is -2.55. The van der Waals surface area contributed by atoms with Gasteiger partial charge in [0, 0.05) is 20.0 Å². The molecule has 0 spiro atoms. The van der Waals surface area contributed by atoms with E-state index < -0.39 is 28.5 Å². The molecular weight excluding hydrogens is 510 g/mol. The number of nitrogens with one attached hydrogen (secondary N) is 1. The number of benzene rings is 4. The Morgan fingerprint density at radius 1 is 0.718 bits per heavy atom. The van der Waals surface area contributed by atoms with E-state index in [4.69, 9.17) is 0 Å². The molecule has 0 saturated carbocycles. The Labute approximate surface area is 229 Å². The fourth-order valence-corrected chi connectivity index (χ4v) is 5.78. The Morgan fingerprint density at radius 3 is 1.74 bits per heavy atom. The van der Waals surface area contributed by atoms with Crippen LogP contribution in [0.4, 0.5) is 5.69 Å². The predicted octanol–water partition coefficient (Wildman–Crippen LogP) is 4.27. The number of carbonyl (C=O) groups is 2. The molecule has 0 radical (unpaired) electrons. The summed E-state index contributed by atoms with van der Waals surface area (Å²) >= 11 is 0. The molecule has 39 heavy (non-hydrogen) atoms. The van der Waals surface area contributed by atoms with Crippen LogP contribution in [0.15, 0.2) is 126 Å². The summed E-state index contributed by atoms with van der Waals surface area (Å²) in [6.45, 7) is -0.338. The molecule has 0 aromatic heterocycles. The van der Waals surface area contributed by atoms with Crippen molar-refractivity contribution >= 4 is 27.5 Å². The lowest BCUT2D eigenvalue weighted by Crippen LogP contribution is -2.53. The van der Waals surface area contributed by atoms with Gasteiger partial charge in [-0.3, -0.25) is 13.9 Å². The highest BCUT2D eigenvalue weighted by molar-refractivity contribution is 7.92. The van der Waals surface area contributed by atoms with E-state index in [1.807, 2.05) is 60.7 Å². The normalized spacial score (nSPS) is 11.8. The second kappa shape index (κ2) is 12.9. The van der Waals surface area contributed by atoms with Crippen molar-refractivity contribution in [3.8, 4) is 0 Å². The average Bonchev–Trinajstić information content (AvgIpc) is 2.99. The SMILES string of the molecule is CNC(=O)C(Cc1ccccc1)N(Cc1ccccc1)C(=O)CN(c1ccccc1)S(=O)(=O)c1ccccc1. The van der Waals surface area contributed by atoms with Gasteiger partial charge >= 0.3 is 0 Å². The van der Waals surface area contributed by atoms with Gasteiger partial charge in [0.05, 0.1) is 10.6 Å². The molecule has 1 N–H and O–H groups in total. The Kier molecular flexibility index (Phi) is 9.12. The van der Waals surface area contributed by atoms with Gasteiger partial charge in [-0.25, -0.2) is 8.42 Å². The van der Waals surface area contributed by atoms with Crippen LogP contribution in [0, 0.1) is 0 Å². The highest BCUT2D eigenvalue weighted by atomic mass is 32.2. The highest BCUT2D eigenvalue weighted by Crippen LogP contribution is 2.24. The van der Waals surface area contributed by atoms with Crippen LogP contribution in [-0.2, 0) is 32.6 Å². The molecule has 200 valence electrons. The van der Waals surface area contributed by atoms with Crippen LogP contribution < -0.4 is 9.62 Å². The van der Waals surface area contributed by atoms with Gasteiger partial charge in [-0.05, 0) is 35.4 Å². The predicted molar refractivity (Wildman–Crippen MR) is 152 cm³/mol. The zero-order valence-electron chi connectivity index (χ0n) is 21.7. The van der Waals surface area contributed by atoms with Gasteiger partial charge in [0.15, 0.2) is 0 Å². The lowest BCUT2D eigenvalue weighted by atomic mass is 10.0. The summed E-state index contributed by atoms with van der Waals surface area (Å²) in [6, 6.07) is 34.5. The summed E-state index contributed by atoms with van der Waals surface area (Å²) in [5.74, 6) is -0.827. The van der Waals surface area contributed by atoms with E-state index in [1.54, 1.807) is 48.5 Å². The summed E-state index contributed by atoms with van der Waals surface area (Å²) in [5.41, 5.74) is 2.06. The van der Waals surface area contributed by atoms with E-state index in [9.17, 15) is 18.0 Å². The summed E-state index contributed by atoms with van der Waals surface area (Å²) < 4.78 is 28.7. The van der Waals surface area contributed by atoms with Crippen molar-refractivity contribution in [1.82, 2.24) is 10.2 Å². The molecule has 0 aliphatic heterocycles. The molecule has 2 amide bonds. The molecule has 4 rings (SSSR count). The first-order valence-electron chi connectivity index (χ1n) is 12.6. The Balaban J connectivity index is 1.75. The largest absolute Gasteiger partial charge is 0.357 e. The van der Waals surface area contributed by atoms with E-state index in [0.717, 1.165) is 15.4 Å². The zero-order chi connectivity index (χ0) is 27.7. The van der Waals surface area contributed by atoms with Gasteiger partial charge < -0.3 is 10.2 Å². The zero-order valence-corrected chi connectivity index (χ0v) is 22.5. The lowest BCUT2D eigenvalue weighted by Gasteiger charge is -2.33. The van der Waals surface area contributed by atoms with Gasteiger partial charge in [-0.2, -0.15) is 0 Å². The van der Waals surface area contributed by atoms with Crippen molar-refractivity contribution in [1.29, 1.82) is 0 Å². The van der Waals surface area contributed by atoms with Crippen LogP contribution in [0.25, 0.3) is 0 Å². The summed E-state index contributed by atoms with van der Waals surface area (Å²) in [5, 5.41) is 2.68. The number of hydrogen-bond donors (Lipinski definition) is 1. The number of nitrogens with zero attached hydrogens (tertiary/aromatic N) is 2. The first-order chi connectivity index (χ1) is 18.9. The molecule has 0 aliphatic carbocycles. The molecule has 0 saturated heterocycles. The average molecular weight is 542 g/mol. The molecule has 4 aromatic rings. The molecule has 0 bridgehead atoms. The van der Waals surface area contributed by atoms with Gasteiger partial charge in [-0.1, -0.05) is 97.1 Å². The topological polar surface area (TPSA) is 86.8 Å². The number of sulfonamides is 1. The molecule has 0 heterocycles. The first kappa shape index (κ1) is 27.6. The highest BCUT2D eigenvalue weighted by Gasteiger charge is 2.34. The third-order valence-electron chi connectivity index (χ3n) is 6.37. The minimum atomic E-state index is -4.08. The smallest absolute Gasteiger partial charge is 0.264 e. The second-order valence-corrected chi connectivity index (χ2v) is 10.8. The summed E-state index contributed by atoms with van der Waals surface area (Å²) in [6.07, 6.45) is 0.274. The van der Waals surface area contributed by atoms with Crippen molar-refractivity contribution < 1.29 is 18.0 Å². The number of likely N-dealkylation sites (N-methyl/N-ethyl adjacent to an activating group) is 1. The van der Waals surface area contributed by atoms with Crippen LogP contribution in [0.5, 0.6) is 0 Å². The third kappa shape index (κ3) is 6.91. The number of anilines is 1. The Morgan fingerprint density at radius 2 is 1.21 bits per heavy atom. The monoisotopic (exact) mass is 541 g/mol. The van der Waals surface area contributed by atoms with Crippen LogP contribution in [-0.4, -0.2) is 44.8 Å². The second-order valence-electron chi connectivity index (χ2n) is 8.99. The Bertz CT molecular complexity index is 1470. The molecular formula is C31H31N3O4S. The molecule has 1 unspecified atom stereocenters. The molecule has 0 aliphatic rings. The number of carbonyl (C=O) groups excluding carboxylic acids is 2. The number of amides is 2. The van der Waals surface area contributed by atoms with E-state index in [1.165, 1.54) is 24.1 Å². The third-order valence-corrected chi connectivity index (χ3v) is 8.16. The van der Waals surface area contributed by atoms with Gasteiger partial charge in [0.25, 0.3) is 10.0 Å². The first-order valence-corrected chi connectivity index (χ1v) is 14.1. The van der Waals surface area contributed by atoms with Crippen LogP contribution >= 0.6 is 0 Å². The van der Waals surface area contributed by atoms with Gasteiger partial charge in [0.2, 0.25) is 11.8 Å². The van der Waals surface area contributed by atoms with Crippen molar-refractivity contribution in [2.75, 3.05) is 17.9 Å². The van der Waals surface area contributed by atoms with Crippen LogP contribution in [0.2, 0.25) is 0 Å². The van der Waals surface area contributed by atoms with E-state index >= 15 is 0 Å². The molecule has 7 nitrogen and oxygen atoms in total. The standard InChI is InChI=1S/C31H31N3O4S/c1-32-31(36)29(22-25-14-6-2-7-15-25)33(23-26-16-8-3-9-17-26)30(35)24-34(27-18-10-4-11-19-27)39(37,38)28-20-12-5-13-21-28/h2-21,29H,22-24H2,1H3,(H,32,36).